The Morgan fingerprint density at radius 1 is 0.292 bits per heavy atom. The Hall–Kier alpha value is -0.320. The van der Waals surface area contributed by atoms with E-state index >= 15 is 0 Å². The van der Waals surface area contributed by atoms with Crippen LogP contribution in [0.25, 0.3) is 0 Å². The molecule has 5 saturated carbocycles. The molecule has 0 radical (unpaired) electrons. The summed E-state index contributed by atoms with van der Waals surface area (Å²) in [6.45, 7) is 26.5. The monoisotopic (exact) mass is 919 g/mol. The Balaban J connectivity index is 0.000000372. The van der Waals surface area contributed by atoms with Crippen LogP contribution in [0.4, 0.5) is 0 Å². The number of hydrogen-bond donors (Lipinski definition) is 5. The summed E-state index contributed by atoms with van der Waals surface area (Å²) in [6, 6.07) is 4.08. The molecule has 5 N–H and O–H groups in total. The Morgan fingerprint density at radius 2 is 0.708 bits per heavy atom. The fourth-order valence-corrected chi connectivity index (χ4v) is 11.6. The summed E-state index contributed by atoms with van der Waals surface area (Å²) in [5.41, 5.74) is 0. The van der Waals surface area contributed by atoms with E-state index in [0.29, 0.717) is 0 Å². The number of nitrogens with zero attached hydrogens (tertiary/aromatic N) is 3. The maximum Gasteiger partial charge on any atom is 0.00896 e. The van der Waals surface area contributed by atoms with Crippen molar-refractivity contribution in [3.8, 4) is 0 Å². The van der Waals surface area contributed by atoms with Crippen LogP contribution in [0.5, 0.6) is 0 Å². The van der Waals surface area contributed by atoms with Crippen LogP contribution in [0.15, 0.2) is 0 Å². The summed E-state index contributed by atoms with van der Waals surface area (Å²) >= 11 is 0. The molecule has 8 heteroatoms. The third-order valence-electron chi connectivity index (χ3n) is 16.7. The minimum atomic E-state index is 0.804. The maximum absolute atomic E-state index is 3.35. The Labute approximate surface area is 409 Å². The second-order valence-corrected chi connectivity index (χ2v) is 23.7. The quantitative estimate of drug-likeness (QED) is 0.187. The van der Waals surface area contributed by atoms with E-state index in [-0.39, 0.29) is 0 Å². The van der Waals surface area contributed by atoms with Gasteiger partial charge in [0.25, 0.3) is 0 Å². The summed E-state index contributed by atoms with van der Waals surface area (Å²) in [5, 5.41) is 16.6. The smallest absolute Gasteiger partial charge is 0.00896 e. The summed E-state index contributed by atoms with van der Waals surface area (Å²) in [6.07, 6.45) is 31.0. The number of piperidine rings is 2. The van der Waals surface area contributed by atoms with E-state index in [1.165, 1.54) is 181 Å². The van der Waals surface area contributed by atoms with Crippen molar-refractivity contribution < 1.29 is 0 Å². The molecular formula is C57H122N8. The summed E-state index contributed by atoms with van der Waals surface area (Å²) in [5.74, 6) is 7.61. The van der Waals surface area contributed by atoms with Crippen molar-refractivity contribution in [1.82, 2.24) is 41.3 Å². The van der Waals surface area contributed by atoms with Gasteiger partial charge in [0, 0.05) is 49.8 Å². The first-order valence-electron chi connectivity index (χ1n) is 28.4. The molecule has 0 spiro atoms. The molecule has 3 saturated heterocycles. The van der Waals surface area contributed by atoms with Crippen LogP contribution in [-0.2, 0) is 0 Å². The first-order chi connectivity index (χ1) is 31.0. The Kier molecular flexibility index (Phi) is 37.1. The molecule has 8 fully saturated rings. The molecule has 9 atom stereocenters. The molecule has 0 amide bonds. The van der Waals surface area contributed by atoms with Crippen molar-refractivity contribution in [2.75, 3.05) is 95.6 Å². The van der Waals surface area contributed by atoms with Crippen LogP contribution in [0, 0.1) is 47.3 Å². The molecular weight excluding hydrogens is 797 g/mol. The SMILES string of the molecule is CC1CCCN(C)C1.CC1CCN(C)CC1.CC1CN(C)C1.CNC1CCC(C)C1.CNC1CCC(C)CC1.CNC1CCCC(C)C1.CNC1CCCC1C.CNC1CCCCC1C. The van der Waals surface area contributed by atoms with E-state index in [0.717, 1.165) is 77.6 Å². The van der Waals surface area contributed by atoms with Gasteiger partial charge in [0.05, 0.1) is 0 Å². The zero-order valence-corrected chi connectivity index (χ0v) is 47.1. The van der Waals surface area contributed by atoms with Crippen molar-refractivity contribution in [3.63, 3.8) is 0 Å². The molecule has 0 aromatic rings. The van der Waals surface area contributed by atoms with Crippen molar-refractivity contribution in [3.05, 3.63) is 0 Å². The van der Waals surface area contributed by atoms with Crippen LogP contribution in [0.1, 0.15) is 197 Å². The third kappa shape index (κ3) is 31.5. The van der Waals surface area contributed by atoms with Crippen LogP contribution < -0.4 is 26.6 Å². The minimum Gasteiger partial charge on any atom is -0.317 e. The van der Waals surface area contributed by atoms with Gasteiger partial charge < -0.3 is 41.3 Å². The molecule has 0 bridgehead atoms. The van der Waals surface area contributed by atoms with Gasteiger partial charge >= 0.3 is 0 Å². The van der Waals surface area contributed by atoms with Gasteiger partial charge in [-0.3, -0.25) is 0 Å². The van der Waals surface area contributed by atoms with E-state index in [1.54, 1.807) is 0 Å². The van der Waals surface area contributed by atoms with Gasteiger partial charge in [0.1, 0.15) is 0 Å². The minimum absolute atomic E-state index is 0.804. The third-order valence-corrected chi connectivity index (χ3v) is 16.7. The highest BCUT2D eigenvalue weighted by molar-refractivity contribution is 4.79. The van der Waals surface area contributed by atoms with Crippen LogP contribution >= 0.6 is 0 Å². The van der Waals surface area contributed by atoms with E-state index in [1.807, 2.05) is 0 Å². The zero-order chi connectivity index (χ0) is 48.6. The van der Waals surface area contributed by atoms with Crippen LogP contribution in [-0.4, -0.2) is 141 Å². The summed E-state index contributed by atoms with van der Waals surface area (Å²) in [7, 11) is 16.9. The van der Waals surface area contributed by atoms with Crippen LogP contribution in [0.3, 0.4) is 0 Å². The van der Waals surface area contributed by atoms with E-state index < -0.39 is 0 Å². The molecule has 390 valence electrons. The standard InChI is InChI=1S/3C8H17N.4C7H15N.C5H11N/c1-7-3-5-8(9-2)6-4-7;1-7-4-3-5-8(6-7)9-2;1-7-5-3-4-6-8(7)9-2;1-7-3-5-8(2)6-4-7;1-6-3-4-7(5-6)8-2;1-7-4-3-5-8(2)6-7;1-6-4-3-5-7(6)8-2;1-5-3-6(2)4-5/h3*7-9H,3-6H2,1-2H3;7H,3-6H2,1-2H3;6-8H,3-5H2,1-2H3;7H,3-6H2,1-2H3;6-8H,3-5H2,1-2H3;5H,3-4H2,1-2H3. The highest BCUT2D eigenvalue weighted by Gasteiger charge is 2.22. The van der Waals surface area contributed by atoms with Gasteiger partial charge in [-0.25, -0.2) is 0 Å². The largest absolute Gasteiger partial charge is 0.317 e. The maximum atomic E-state index is 3.35. The molecule has 3 aliphatic heterocycles. The van der Waals surface area contributed by atoms with Crippen molar-refractivity contribution in [2.24, 2.45) is 47.3 Å². The highest BCUT2D eigenvalue weighted by atomic mass is 15.2. The Morgan fingerprint density at radius 3 is 1.05 bits per heavy atom. The second-order valence-electron chi connectivity index (χ2n) is 23.7. The van der Waals surface area contributed by atoms with Gasteiger partial charge in [-0.15, -0.1) is 0 Å². The predicted octanol–water partition coefficient (Wildman–Crippen LogP) is 11.4. The van der Waals surface area contributed by atoms with E-state index in [4.69, 9.17) is 0 Å². The molecule has 0 aromatic carbocycles. The lowest BCUT2D eigenvalue weighted by atomic mass is 9.86. The normalized spacial score (nSPS) is 34.4. The topological polar surface area (TPSA) is 69.9 Å². The van der Waals surface area contributed by atoms with Gasteiger partial charge in [0.2, 0.25) is 0 Å². The molecule has 8 aliphatic rings. The molecule has 3 heterocycles. The zero-order valence-electron chi connectivity index (χ0n) is 47.1. The van der Waals surface area contributed by atoms with Gasteiger partial charge in [0.15, 0.2) is 0 Å². The molecule has 8 nitrogen and oxygen atoms in total. The van der Waals surface area contributed by atoms with Crippen molar-refractivity contribution >= 4 is 0 Å². The number of rotatable bonds is 5. The average Bonchev–Trinajstić information content (AvgIpc) is 3.93. The molecule has 5 aliphatic carbocycles. The van der Waals surface area contributed by atoms with E-state index in [9.17, 15) is 0 Å². The Bertz CT molecular complexity index is 1020. The number of nitrogens with one attached hydrogen (secondary N) is 5. The van der Waals surface area contributed by atoms with Crippen molar-refractivity contribution in [1.29, 1.82) is 0 Å². The molecule has 9 unspecified atom stereocenters. The fourth-order valence-electron chi connectivity index (χ4n) is 11.6. The van der Waals surface area contributed by atoms with E-state index in [2.05, 4.69) is 153 Å². The first kappa shape index (κ1) is 62.7. The first-order valence-corrected chi connectivity index (χ1v) is 28.4. The molecule has 0 aromatic heterocycles. The lowest BCUT2D eigenvalue weighted by Gasteiger charge is -2.33. The van der Waals surface area contributed by atoms with Crippen LogP contribution in [0.2, 0.25) is 0 Å². The average molecular weight is 920 g/mol. The summed E-state index contributed by atoms with van der Waals surface area (Å²) < 4.78 is 0. The van der Waals surface area contributed by atoms with Crippen molar-refractivity contribution in [2.45, 2.75) is 227 Å². The molecule has 8 rings (SSSR count). The number of hydrogen-bond acceptors (Lipinski definition) is 8. The van der Waals surface area contributed by atoms with Gasteiger partial charge in [-0.2, -0.15) is 0 Å². The molecule has 65 heavy (non-hydrogen) atoms. The van der Waals surface area contributed by atoms with Gasteiger partial charge in [-0.1, -0.05) is 87.5 Å². The second kappa shape index (κ2) is 38.4. The lowest BCUT2D eigenvalue weighted by Crippen LogP contribution is -2.41. The predicted molar refractivity (Wildman–Crippen MR) is 292 cm³/mol. The highest BCUT2D eigenvalue weighted by Crippen LogP contribution is 2.26. The van der Waals surface area contributed by atoms with Gasteiger partial charge in [-0.05, 0) is 233 Å². The summed E-state index contributed by atoms with van der Waals surface area (Å²) in [4.78, 5) is 7.14. The fraction of sp³-hybridized carbons (Fsp3) is 1.00. The number of likely N-dealkylation sites (tertiary alicyclic amines) is 3. The lowest BCUT2D eigenvalue weighted by molar-refractivity contribution is 0.149.